The van der Waals surface area contributed by atoms with Crippen molar-refractivity contribution in [3.05, 3.63) is 22.2 Å². The van der Waals surface area contributed by atoms with Gasteiger partial charge < -0.3 is 15.2 Å². The summed E-state index contributed by atoms with van der Waals surface area (Å²) in [5.41, 5.74) is 8.27. The third-order valence-corrected chi connectivity index (χ3v) is 4.82. The zero-order chi connectivity index (χ0) is 14.3. The molecule has 2 unspecified atom stereocenters. The average molecular weight is 297 g/mol. The van der Waals surface area contributed by atoms with Gasteiger partial charge in [-0.05, 0) is 49.5 Å². The third kappa shape index (κ3) is 2.16. The van der Waals surface area contributed by atoms with Crippen molar-refractivity contribution in [1.29, 1.82) is 0 Å². The van der Waals surface area contributed by atoms with Crippen molar-refractivity contribution in [3.8, 4) is 11.5 Å². The van der Waals surface area contributed by atoms with Crippen LogP contribution in [0.1, 0.15) is 30.5 Å². The molecule has 20 heavy (non-hydrogen) atoms. The summed E-state index contributed by atoms with van der Waals surface area (Å²) in [4.78, 5) is 2.37. The first-order chi connectivity index (χ1) is 9.65. The maximum Gasteiger partial charge on any atom is 0.231 e. The minimum atomic E-state index is 0.258. The number of likely N-dealkylation sites (tertiary alicyclic amines) is 1. The van der Waals surface area contributed by atoms with Gasteiger partial charge in [0.25, 0.3) is 0 Å². The second-order valence-electron chi connectivity index (χ2n) is 5.64. The van der Waals surface area contributed by atoms with E-state index >= 15 is 0 Å². The lowest BCUT2D eigenvalue weighted by Gasteiger charge is -2.23. The summed E-state index contributed by atoms with van der Waals surface area (Å²) in [5, 5.41) is 0.710. The Bertz CT molecular complexity index is 521. The molecule has 1 fully saturated rings. The SMILES string of the molecule is CCc1c(C2CC(CN)CN2C)cc2c(c1Cl)OCO2. The fourth-order valence-corrected chi connectivity index (χ4v) is 3.75. The Morgan fingerprint density at radius 2 is 2.25 bits per heavy atom. The first-order valence-electron chi connectivity index (χ1n) is 7.16. The molecule has 0 saturated carbocycles. The molecule has 2 N–H and O–H groups in total. The van der Waals surface area contributed by atoms with Crippen LogP contribution >= 0.6 is 11.6 Å². The van der Waals surface area contributed by atoms with Crippen molar-refractivity contribution in [3.63, 3.8) is 0 Å². The Hall–Kier alpha value is -0.970. The minimum Gasteiger partial charge on any atom is -0.454 e. The molecular weight excluding hydrogens is 276 g/mol. The molecule has 4 nitrogen and oxygen atoms in total. The molecule has 0 aliphatic carbocycles. The van der Waals surface area contributed by atoms with Crippen molar-refractivity contribution in [2.24, 2.45) is 11.7 Å². The van der Waals surface area contributed by atoms with Gasteiger partial charge >= 0.3 is 0 Å². The molecule has 1 aromatic carbocycles. The maximum absolute atomic E-state index is 6.51. The van der Waals surface area contributed by atoms with Crippen LogP contribution in [0.5, 0.6) is 11.5 Å². The van der Waals surface area contributed by atoms with E-state index in [0.717, 1.165) is 31.7 Å². The van der Waals surface area contributed by atoms with E-state index in [4.69, 9.17) is 26.8 Å². The van der Waals surface area contributed by atoms with E-state index in [1.165, 1.54) is 11.1 Å². The van der Waals surface area contributed by atoms with Crippen LogP contribution in [0.3, 0.4) is 0 Å². The van der Waals surface area contributed by atoms with Gasteiger partial charge in [0.05, 0.1) is 5.02 Å². The van der Waals surface area contributed by atoms with Gasteiger partial charge in [-0.25, -0.2) is 0 Å². The van der Waals surface area contributed by atoms with Crippen molar-refractivity contribution < 1.29 is 9.47 Å². The van der Waals surface area contributed by atoms with E-state index in [2.05, 4.69) is 24.9 Å². The summed E-state index contributed by atoms with van der Waals surface area (Å²) in [6.07, 6.45) is 1.97. The Morgan fingerprint density at radius 1 is 1.45 bits per heavy atom. The lowest BCUT2D eigenvalue weighted by molar-refractivity contribution is 0.174. The molecule has 110 valence electrons. The fraction of sp³-hybridized carbons (Fsp3) is 0.600. The quantitative estimate of drug-likeness (QED) is 0.931. The Balaban J connectivity index is 2.03. The molecular formula is C15H21ClN2O2. The fourth-order valence-electron chi connectivity index (χ4n) is 3.36. The smallest absolute Gasteiger partial charge is 0.231 e. The number of fused-ring (bicyclic) bond motifs is 1. The number of nitrogens with zero attached hydrogens (tertiary/aromatic N) is 1. The number of hydrogen-bond acceptors (Lipinski definition) is 4. The second kappa shape index (κ2) is 5.43. The molecule has 0 bridgehead atoms. The van der Waals surface area contributed by atoms with Crippen molar-refractivity contribution >= 4 is 11.6 Å². The summed E-state index contributed by atoms with van der Waals surface area (Å²) in [5.74, 6) is 2.02. The van der Waals surface area contributed by atoms with Crippen LogP contribution in [0.15, 0.2) is 6.07 Å². The highest BCUT2D eigenvalue weighted by molar-refractivity contribution is 6.33. The van der Waals surface area contributed by atoms with Gasteiger partial charge in [-0.15, -0.1) is 0 Å². The van der Waals surface area contributed by atoms with Gasteiger partial charge in [0.2, 0.25) is 6.79 Å². The van der Waals surface area contributed by atoms with Crippen LogP contribution < -0.4 is 15.2 Å². The van der Waals surface area contributed by atoms with Gasteiger partial charge in [0.1, 0.15) is 0 Å². The van der Waals surface area contributed by atoms with Crippen LogP contribution in [0, 0.1) is 5.92 Å². The molecule has 2 atom stereocenters. The summed E-state index contributed by atoms with van der Waals surface area (Å²) < 4.78 is 11.0. The molecule has 1 saturated heterocycles. The molecule has 2 aliphatic rings. The van der Waals surface area contributed by atoms with Crippen molar-refractivity contribution in [2.75, 3.05) is 26.9 Å². The van der Waals surface area contributed by atoms with E-state index in [1.807, 2.05) is 0 Å². The second-order valence-corrected chi connectivity index (χ2v) is 6.02. The molecule has 0 aromatic heterocycles. The summed E-state index contributed by atoms with van der Waals surface area (Å²) in [6.45, 7) is 4.16. The monoisotopic (exact) mass is 296 g/mol. The predicted molar refractivity (Wildman–Crippen MR) is 79.5 cm³/mol. The Kier molecular flexibility index (Phi) is 3.80. The molecule has 5 heteroatoms. The number of ether oxygens (including phenoxy) is 2. The number of benzene rings is 1. The predicted octanol–water partition coefficient (Wildman–Crippen LogP) is 2.58. The lowest BCUT2D eigenvalue weighted by atomic mass is 9.94. The number of rotatable bonds is 3. The first kappa shape index (κ1) is 14.0. The normalized spacial score (nSPS) is 25.4. The number of halogens is 1. The van der Waals surface area contributed by atoms with Crippen LogP contribution in [0.25, 0.3) is 0 Å². The maximum atomic E-state index is 6.51. The first-order valence-corrected chi connectivity index (χ1v) is 7.54. The Morgan fingerprint density at radius 3 is 2.90 bits per heavy atom. The minimum absolute atomic E-state index is 0.258. The molecule has 2 aliphatic heterocycles. The molecule has 3 rings (SSSR count). The van der Waals surface area contributed by atoms with Gasteiger partial charge in [-0.3, -0.25) is 4.90 Å². The summed E-state index contributed by atoms with van der Waals surface area (Å²) in [6, 6.07) is 2.47. The zero-order valence-corrected chi connectivity index (χ0v) is 12.7. The summed E-state index contributed by atoms with van der Waals surface area (Å²) in [7, 11) is 2.15. The average Bonchev–Trinajstić information content (AvgIpc) is 3.04. The lowest BCUT2D eigenvalue weighted by Crippen LogP contribution is -2.21. The van der Waals surface area contributed by atoms with E-state index in [-0.39, 0.29) is 6.79 Å². The van der Waals surface area contributed by atoms with Gasteiger partial charge in [0.15, 0.2) is 11.5 Å². The van der Waals surface area contributed by atoms with E-state index in [9.17, 15) is 0 Å². The highest BCUT2D eigenvalue weighted by atomic mass is 35.5. The molecule has 0 spiro atoms. The molecule has 2 heterocycles. The van der Waals surface area contributed by atoms with Crippen molar-refractivity contribution in [2.45, 2.75) is 25.8 Å². The largest absolute Gasteiger partial charge is 0.454 e. The zero-order valence-electron chi connectivity index (χ0n) is 12.0. The van der Waals surface area contributed by atoms with Crippen LogP contribution in [-0.2, 0) is 6.42 Å². The summed E-state index contributed by atoms with van der Waals surface area (Å²) >= 11 is 6.51. The van der Waals surface area contributed by atoms with Crippen LogP contribution in [0.2, 0.25) is 5.02 Å². The highest BCUT2D eigenvalue weighted by Crippen LogP contribution is 2.47. The molecule has 1 aromatic rings. The number of nitrogens with two attached hydrogens (primary N) is 1. The van der Waals surface area contributed by atoms with Gasteiger partial charge in [0, 0.05) is 12.6 Å². The van der Waals surface area contributed by atoms with Crippen LogP contribution in [-0.4, -0.2) is 31.8 Å². The van der Waals surface area contributed by atoms with Gasteiger partial charge in [-0.2, -0.15) is 0 Å². The molecule has 0 radical (unpaired) electrons. The molecule has 0 amide bonds. The van der Waals surface area contributed by atoms with E-state index in [0.29, 0.717) is 22.7 Å². The van der Waals surface area contributed by atoms with E-state index < -0.39 is 0 Å². The number of hydrogen-bond donors (Lipinski definition) is 1. The topological polar surface area (TPSA) is 47.7 Å². The highest BCUT2D eigenvalue weighted by Gasteiger charge is 2.33. The third-order valence-electron chi connectivity index (χ3n) is 4.42. The van der Waals surface area contributed by atoms with Crippen LogP contribution in [0.4, 0.5) is 0 Å². The Labute approximate surface area is 124 Å². The van der Waals surface area contributed by atoms with E-state index in [1.54, 1.807) is 0 Å². The van der Waals surface area contributed by atoms with Crippen molar-refractivity contribution in [1.82, 2.24) is 4.90 Å². The standard InChI is InChI=1S/C15H21ClN2O2/c1-3-10-11(12-4-9(6-17)7-18(12)2)5-13-15(14(10)16)20-8-19-13/h5,9,12H,3-4,6-8,17H2,1-2H3. The van der Waals surface area contributed by atoms with Gasteiger partial charge in [-0.1, -0.05) is 18.5 Å².